The molecule has 0 aliphatic rings. The highest BCUT2D eigenvalue weighted by Gasteiger charge is 2.10. The highest BCUT2D eigenvalue weighted by Crippen LogP contribution is 2.21. The predicted octanol–water partition coefficient (Wildman–Crippen LogP) is 3.45. The lowest BCUT2D eigenvalue weighted by molar-refractivity contribution is 0.0697. The molecule has 0 bridgehead atoms. The van der Waals surface area contributed by atoms with E-state index >= 15 is 0 Å². The SMILES string of the molecule is CC(NCc1ccc(C(=O)O)cc1Br)c1nccs1. The van der Waals surface area contributed by atoms with Crippen LogP contribution in [0.3, 0.4) is 0 Å². The third-order valence-electron chi connectivity index (χ3n) is 2.72. The average molecular weight is 341 g/mol. The maximum Gasteiger partial charge on any atom is 0.335 e. The van der Waals surface area contributed by atoms with Gasteiger partial charge in [-0.25, -0.2) is 9.78 Å². The second-order valence-corrected chi connectivity index (χ2v) is 5.86. The second-order valence-electron chi connectivity index (χ2n) is 4.08. The lowest BCUT2D eigenvalue weighted by Gasteiger charge is -2.12. The van der Waals surface area contributed by atoms with E-state index in [1.807, 2.05) is 11.4 Å². The molecule has 2 aromatic rings. The smallest absolute Gasteiger partial charge is 0.335 e. The van der Waals surface area contributed by atoms with Crippen LogP contribution in [0, 0.1) is 0 Å². The van der Waals surface area contributed by atoms with E-state index in [1.54, 1.807) is 29.7 Å². The summed E-state index contributed by atoms with van der Waals surface area (Å²) in [6.07, 6.45) is 1.79. The molecule has 4 nitrogen and oxygen atoms in total. The van der Waals surface area contributed by atoms with Gasteiger partial charge in [-0.15, -0.1) is 11.3 Å². The van der Waals surface area contributed by atoms with Crippen LogP contribution in [0.4, 0.5) is 0 Å². The van der Waals surface area contributed by atoms with Gasteiger partial charge in [-0.3, -0.25) is 0 Å². The van der Waals surface area contributed by atoms with Gasteiger partial charge >= 0.3 is 5.97 Å². The molecule has 1 unspecified atom stereocenters. The Hall–Kier alpha value is -1.24. The number of carboxylic acid groups (broad SMARTS) is 1. The van der Waals surface area contributed by atoms with Crippen LogP contribution in [0.5, 0.6) is 0 Å². The molecule has 19 heavy (non-hydrogen) atoms. The van der Waals surface area contributed by atoms with E-state index in [9.17, 15) is 4.79 Å². The van der Waals surface area contributed by atoms with E-state index in [4.69, 9.17) is 5.11 Å². The number of nitrogens with zero attached hydrogens (tertiary/aromatic N) is 1. The van der Waals surface area contributed by atoms with Crippen molar-refractivity contribution < 1.29 is 9.90 Å². The Bertz CT molecular complexity index is 572. The van der Waals surface area contributed by atoms with Gasteiger partial charge in [0.25, 0.3) is 0 Å². The summed E-state index contributed by atoms with van der Waals surface area (Å²) in [4.78, 5) is 15.1. The van der Waals surface area contributed by atoms with Crippen LogP contribution in [0.1, 0.15) is 33.9 Å². The van der Waals surface area contributed by atoms with Crippen molar-refractivity contribution in [2.24, 2.45) is 0 Å². The van der Waals surface area contributed by atoms with Gasteiger partial charge in [0, 0.05) is 22.6 Å². The van der Waals surface area contributed by atoms with Crippen molar-refractivity contribution in [3.05, 3.63) is 50.4 Å². The van der Waals surface area contributed by atoms with Crippen LogP contribution in [-0.4, -0.2) is 16.1 Å². The third kappa shape index (κ3) is 3.62. The number of halogens is 1. The molecule has 0 fully saturated rings. The number of carboxylic acids is 1. The molecular weight excluding hydrogens is 328 g/mol. The Morgan fingerprint density at radius 2 is 2.37 bits per heavy atom. The van der Waals surface area contributed by atoms with Crippen molar-refractivity contribution in [2.75, 3.05) is 0 Å². The quantitative estimate of drug-likeness (QED) is 0.874. The molecule has 6 heteroatoms. The number of rotatable bonds is 5. The minimum Gasteiger partial charge on any atom is -0.478 e. The van der Waals surface area contributed by atoms with Crippen LogP contribution in [0.2, 0.25) is 0 Å². The van der Waals surface area contributed by atoms with Gasteiger partial charge in [-0.2, -0.15) is 0 Å². The highest BCUT2D eigenvalue weighted by molar-refractivity contribution is 9.10. The fourth-order valence-corrected chi connectivity index (χ4v) is 2.81. The first-order chi connectivity index (χ1) is 9.08. The predicted molar refractivity (Wildman–Crippen MR) is 78.5 cm³/mol. The standard InChI is InChI=1S/C13H13BrN2O2S/c1-8(12-15-4-5-19-12)16-7-10-3-2-9(13(17)18)6-11(10)14/h2-6,8,16H,7H2,1H3,(H,17,18). The van der Waals surface area contributed by atoms with Crippen LogP contribution in [0.15, 0.2) is 34.2 Å². The number of nitrogens with one attached hydrogen (secondary N) is 1. The van der Waals surface area contributed by atoms with E-state index in [0.29, 0.717) is 6.54 Å². The van der Waals surface area contributed by atoms with Crippen LogP contribution >= 0.6 is 27.3 Å². The first kappa shape index (κ1) is 14.2. The van der Waals surface area contributed by atoms with Crippen LogP contribution < -0.4 is 5.32 Å². The van der Waals surface area contributed by atoms with E-state index in [2.05, 4.69) is 33.2 Å². The number of thiazole rings is 1. The van der Waals surface area contributed by atoms with Crippen molar-refractivity contribution in [1.82, 2.24) is 10.3 Å². The fourth-order valence-electron chi connectivity index (χ4n) is 1.62. The molecule has 1 aromatic heterocycles. The van der Waals surface area contributed by atoms with Crippen molar-refractivity contribution in [1.29, 1.82) is 0 Å². The zero-order valence-electron chi connectivity index (χ0n) is 10.3. The molecule has 2 rings (SSSR count). The molecule has 0 spiro atoms. The lowest BCUT2D eigenvalue weighted by atomic mass is 10.1. The molecule has 1 atom stereocenters. The van der Waals surface area contributed by atoms with Gasteiger partial charge in [-0.05, 0) is 24.6 Å². The summed E-state index contributed by atoms with van der Waals surface area (Å²) < 4.78 is 0.797. The summed E-state index contributed by atoms with van der Waals surface area (Å²) in [6, 6.07) is 5.21. The monoisotopic (exact) mass is 340 g/mol. The first-order valence-electron chi connectivity index (χ1n) is 5.72. The van der Waals surface area contributed by atoms with Gasteiger partial charge in [0.1, 0.15) is 5.01 Å². The maximum atomic E-state index is 10.8. The molecule has 0 radical (unpaired) electrons. The summed E-state index contributed by atoms with van der Waals surface area (Å²) in [5.74, 6) is -0.920. The summed E-state index contributed by atoms with van der Waals surface area (Å²) in [5.41, 5.74) is 1.30. The molecular formula is C13H13BrN2O2S. The summed E-state index contributed by atoms with van der Waals surface area (Å²) >= 11 is 5.01. The van der Waals surface area contributed by atoms with Crippen molar-refractivity contribution in [2.45, 2.75) is 19.5 Å². The minimum atomic E-state index is -0.920. The number of benzene rings is 1. The number of hydrogen-bond donors (Lipinski definition) is 2. The summed E-state index contributed by atoms with van der Waals surface area (Å²) in [5, 5.41) is 15.3. The Balaban J connectivity index is 2.02. The van der Waals surface area contributed by atoms with Crippen molar-refractivity contribution in [3.63, 3.8) is 0 Å². The average Bonchev–Trinajstić information content (AvgIpc) is 2.90. The maximum absolute atomic E-state index is 10.8. The molecule has 0 aliphatic heterocycles. The van der Waals surface area contributed by atoms with E-state index in [-0.39, 0.29) is 11.6 Å². The van der Waals surface area contributed by atoms with E-state index in [0.717, 1.165) is 15.0 Å². The Morgan fingerprint density at radius 3 is 2.95 bits per heavy atom. The molecule has 2 N–H and O–H groups in total. The number of carbonyl (C=O) groups is 1. The van der Waals surface area contributed by atoms with Gasteiger partial charge in [0.05, 0.1) is 11.6 Å². The zero-order chi connectivity index (χ0) is 13.8. The van der Waals surface area contributed by atoms with Crippen LogP contribution in [-0.2, 0) is 6.54 Å². The minimum absolute atomic E-state index is 0.172. The Morgan fingerprint density at radius 1 is 1.58 bits per heavy atom. The van der Waals surface area contributed by atoms with Crippen LogP contribution in [0.25, 0.3) is 0 Å². The van der Waals surface area contributed by atoms with E-state index < -0.39 is 5.97 Å². The van der Waals surface area contributed by atoms with E-state index in [1.165, 1.54) is 0 Å². The van der Waals surface area contributed by atoms with Gasteiger partial charge in [-0.1, -0.05) is 22.0 Å². The third-order valence-corrected chi connectivity index (χ3v) is 4.42. The van der Waals surface area contributed by atoms with Crippen molar-refractivity contribution in [3.8, 4) is 0 Å². The molecule has 100 valence electrons. The topological polar surface area (TPSA) is 62.2 Å². The van der Waals surface area contributed by atoms with Gasteiger partial charge < -0.3 is 10.4 Å². The largest absolute Gasteiger partial charge is 0.478 e. The number of aromatic carboxylic acids is 1. The number of hydrogen-bond acceptors (Lipinski definition) is 4. The molecule has 1 aromatic carbocycles. The normalized spacial score (nSPS) is 12.3. The molecule has 0 amide bonds. The summed E-state index contributed by atoms with van der Waals surface area (Å²) in [6.45, 7) is 2.71. The molecule has 0 saturated heterocycles. The second kappa shape index (κ2) is 6.27. The number of aromatic nitrogens is 1. The Kier molecular flexibility index (Phi) is 4.68. The van der Waals surface area contributed by atoms with Gasteiger partial charge in [0.15, 0.2) is 0 Å². The lowest BCUT2D eigenvalue weighted by Crippen LogP contribution is -2.18. The first-order valence-corrected chi connectivity index (χ1v) is 7.39. The molecule has 1 heterocycles. The summed E-state index contributed by atoms with van der Waals surface area (Å²) in [7, 11) is 0. The zero-order valence-corrected chi connectivity index (χ0v) is 12.7. The highest BCUT2D eigenvalue weighted by atomic mass is 79.9. The van der Waals surface area contributed by atoms with Gasteiger partial charge in [0.2, 0.25) is 0 Å². The molecule has 0 saturated carbocycles. The van der Waals surface area contributed by atoms with Crippen molar-refractivity contribution >= 4 is 33.2 Å². The Labute approximate surface area is 123 Å². The fraction of sp³-hybridized carbons (Fsp3) is 0.231. The molecule has 0 aliphatic carbocycles.